The van der Waals surface area contributed by atoms with E-state index in [-0.39, 0.29) is 29.8 Å². The lowest BCUT2D eigenvalue weighted by molar-refractivity contribution is -0.136. The van der Waals surface area contributed by atoms with Gasteiger partial charge in [0.1, 0.15) is 24.7 Å². The van der Waals surface area contributed by atoms with E-state index in [1.807, 2.05) is 0 Å². The normalized spacial score (nSPS) is 18.3. The molecule has 0 N–H and O–H groups in total. The van der Waals surface area contributed by atoms with Crippen molar-refractivity contribution >= 4 is 34.9 Å². The van der Waals surface area contributed by atoms with Crippen molar-refractivity contribution in [2.45, 2.75) is 26.4 Å². The van der Waals surface area contributed by atoms with Crippen molar-refractivity contribution in [3.8, 4) is 5.75 Å². The van der Waals surface area contributed by atoms with E-state index in [9.17, 15) is 18.8 Å². The maximum Gasteiger partial charge on any atom is 0.294 e. The van der Waals surface area contributed by atoms with Crippen LogP contribution in [0.4, 0.5) is 9.18 Å². The van der Waals surface area contributed by atoms with Gasteiger partial charge in [-0.1, -0.05) is 43.3 Å². The average Bonchev–Trinajstić information content (AvgIpc) is 3.07. The highest BCUT2D eigenvalue weighted by Crippen LogP contribution is 2.34. The first-order chi connectivity index (χ1) is 15.9. The van der Waals surface area contributed by atoms with Crippen molar-refractivity contribution in [2.24, 2.45) is 5.92 Å². The first-order valence-electron chi connectivity index (χ1n) is 10.9. The van der Waals surface area contributed by atoms with Crippen LogP contribution in [0.3, 0.4) is 0 Å². The topological polar surface area (TPSA) is 66.9 Å². The van der Waals surface area contributed by atoms with Crippen LogP contribution < -0.4 is 4.74 Å². The van der Waals surface area contributed by atoms with E-state index in [2.05, 4.69) is 6.92 Å². The summed E-state index contributed by atoms with van der Waals surface area (Å²) in [5.41, 5.74) is 1.01. The highest BCUT2D eigenvalue weighted by Gasteiger charge is 2.37. The molecule has 0 aliphatic carbocycles. The fourth-order valence-corrected chi connectivity index (χ4v) is 4.60. The van der Waals surface area contributed by atoms with Crippen LogP contribution in [0, 0.1) is 11.7 Å². The van der Waals surface area contributed by atoms with Crippen LogP contribution >= 0.6 is 11.8 Å². The van der Waals surface area contributed by atoms with E-state index in [0.717, 1.165) is 29.5 Å². The lowest BCUT2D eigenvalue weighted by Crippen LogP contribution is -2.45. The van der Waals surface area contributed by atoms with E-state index in [0.29, 0.717) is 35.9 Å². The van der Waals surface area contributed by atoms with Gasteiger partial charge in [0.25, 0.3) is 11.1 Å². The SMILES string of the molecule is CC1CCN(C(=O)CN2C(=O)SC(=Cc3ccccc3OCc3ccccc3F)C2=O)CC1. The standard InChI is InChI=1S/C25H25FN2O4S/c1-17-10-12-27(13-11-17)23(29)15-28-24(30)22(33-25(28)31)14-18-6-3-5-9-21(18)32-16-19-7-2-4-8-20(19)26/h2-9,14,17H,10-13,15-16H2,1H3. The molecule has 0 bridgehead atoms. The Morgan fingerprint density at radius 1 is 1.12 bits per heavy atom. The van der Waals surface area contributed by atoms with Crippen LogP contribution in [0.15, 0.2) is 53.4 Å². The number of halogens is 1. The van der Waals surface area contributed by atoms with Crippen LogP contribution in [0.2, 0.25) is 0 Å². The number of hydrogen-bond acceptors (Lipinski definition) is 5. The largest absolute Gasteiger partial charge is 0.488 e. The Hall–Kier alpha value is -3.13. The van der Waals surface area contributed by atoms with E-state index in [1.54, 1.807) is 53.4 Å². The molecule has 6 nitrogen and oxygen atoms in total. The number of para-hydroxylation sites is 1. The Bertz CT molecular complexity index is 1100. The maximum atomic E-state index is 13.9. The molecular formula is C25H25FN2O4S. The van der Waals surface area contributed by atoms with Crippen molar-refractivity contribution in [1.82, 2.24) is 9.80 Å². The van der Waals surface area contributed by atoms with Crippen molar-refractivity contribution < 1.29 is 23.5 Å². The first kappa shape index (κ1) is 23.0. The van der Waals surface area contributed by atoms with Gasteiger partial charge >= 0.3 is 0 Å². The molecule has 0 spiro atoms. The number of thioether (sulfide) groups is 1. The number of carbonyl (C=O) groups is 3. The molecule has 0 unspecified atom stereocenters. The lowest BCUT2D eigenvalue weighted by atomic mass is 9.99. The third kappa shape index (κ3) is 5.45. The molecule has 2 heterocycles. The summed E-state index contributed by atoms with van der Waals surface area (Å²) in [7, 11) is 0. The molecule has 0 atom stereocenters. The maximum absolute atomic E-state index is 13.9. The summed E-state index contributed by atoms with van der Waals surface area (Å²) in [6, 6.07) is 13.4. The number of nitrogens with zero attached hydrogens (tertiary/aromatic N) is 2. The van der Waals surface area contributed by atoms with Crippen molar-refractivity contribution in [2.75, 3.05) is 19.6 Å². The van der Waals surface area contributed by atoms with Crippen LogP contribution in [-0.2, 0) is 16.2 Å². The predicted octanol–water partition coefficient (Wildman–Crippen LogP) is 4.70. The van der Waals surface area contributed by atoms with Gasteiger partial charge in [-0.05, 0) is 48.7 Å². The average molecular weight is 469 g/mol. The molecule has 2 aliphatic rings. The Balaban J connectivity index is 1.45. The Morgan fingerprint density at radius 2 is 1.82 bits per heavy atom. The first-order valence-corrected chi connectivity index (χ1v) is 11.7. The van der Waals surface area contributed by atoms with Gasteiger partial charge in [0.05, 0.1) is 4.91 Å². The number of benzene rings is 2. The van der Waals surface area contributed by atoms with Crippen molar-refractivity contribution in [3.05, 3.63) is 70.4 Å². The number of ether oxygens (including phenoxy) is 1. The van der Waals surface area contributed by atoms with Gasteiger partial charge in [-0.3, -0.25) is 19.3 Å². The molecule has 2 aliphatic heterocycles. The second-order valence-corrected chi connectivity index (χ2v) is 9.24. The second kappa shape index (κ2) is 10.2. The number of likely N-dealkylation sites (tertiary alicyclic amines) is 1. The summed E-state index contributed by atoms with van der Waals surface area (Å²) >= 11 is 0.804. The summed E-state index contributed by atoms with van der Waals surface area (Å²) in [6.45, 7) is 3.24. The molecule has 33 heavy (non-hydrogen) atoms. The zero-order valence-corrected chi connectivity index (χ0v) is 19.1. The number of amides is 3. The quantitative estimate of drug-likeness (QED) is 0.575. The molecule has 172 valence electrons. The molecule has 2 saturated heterocycles. The molecule has 3 amide bonds. The molecule has 0 aromatic heterocycles. The molecule has 0 radical (unpaired) electrons. The molecule has 4 rings (SSSR count). The molecule has 2 aromatic rings. The minimum atomic E-state index is -0.493. The van der Waals surface area contributed by atoms with Crippen molar-refractivity contribution in [3.63, 3.8) is 0 Å². The number of imide groups is 1. The summed E-state index contributed by atoms with van der Waals surface area (Å²) in [5.74, 6) is -0.0171. The van der Waals surface area contributed by atoms with Gasteiger partial charge in [-0.25, -0.2) is 4.39 Å². The smallest absolute Gasteiger partial charge is 0.294 e. The van der Waals surface area contributed by atoms with E-state index in [1.165, 1.54) is 6.07 Å². The van der Waals surface area contributed by atoms with Gasteiger partial charge in [-0.2, -0.15) is 0 Å². The minimum absolute atomic E-state index is 0.0297. The zero-order valence-electron chi connectivity index (χ0n) is 18.3. The van der Waals surface area contributed by atoms with Crippen LogP contribution in [0.25, 0.3) is 6.08 Å². The molecular weight excluding hydrogens is 443 g/mol. The van der Waals surface area contributed by atoms with Crippen LogP contribution in [0.5, 0.6) is 5.75 Å². The third-order valence-corrected chi connectivity index (χ3v) is 6.76. The van der Waals surface area contributed by atoms with Gasteiger partial charge in [-0.15, -0.1) is 0 Å². The van der Waals surface area contributed by atoms with Gasteiger partial charge in [0, 0.05) is 24.2 Å². The van der Waals surface area contributed by atoms with Gasteiger partial charge in [0.15, 0.2) is 0 Å². The molecule has 8 heteroatoms. The third-order valence-electron chi connectivity index (χ3n) is 5.85. The molecule has 2 aromatic carbocycles. The van der Waals surface area contributed by atoms with Gasteiger partial charge in [0.2, 0.25) is 5.91 Å². The number of rotatable bonds is 6. The monoisotopic (exact) mass is 468 g/mol. The number of carbonyl (C=O) groups excluding carboxylic acids is 3. The summed E-state index contributed by atoms with van der Waals surface area (Å²) in [5, 5.41) is -0.463. The van der Waals surface area contributed by atoms with E-state index in [4.69, 9.17) is 4.74 Å². The van der Waals surface area contributed by atoms with Crippen LogP contribution in [0.1, 0.15) is 30.9 Å². The van der Waals surface area contributed by atoms with E-state index >= 15 is 0 Å². The number of hydrogen-bond donors (Lipinski definition) is 0. The summed E-state index contributed by atoms with van der Waals surface area (Å²) in [6.07, 6.45) is 3.43. The van der Waals surface area contributed by atoms with Gasteiger partial charge < -0.3 is 9.64 Å². The summed E-state index contributed by atoms with van der Waals surface area (Å²) in [4.78, 5) is 40.9. The predicted molar refractivity (Wildman–Crippen MR) is 125 cm³/mol. The summed E-state index contributed by atoms with van der Waals surface area (Å²) < 4.78 is 19.7. The minimum Gasteiger partial charge on any atom is -0.488 e. The fraction of sp³-hybridized carbons (Fsp3) is 0.320. The lowest BCUT2D eigenvalue weighted by Gasteiger charge is -2.31. The van der Waals surface area contributed by atoms with Crippen molar-refractivity contribution in [1.29, 1.82) is 0 Å². The molecule has 2 fully saturated rings. The molecule has 0 saturated carbocycles. The Morgan fingerprint density at radius 3 is 2.58 bits per heavy atom. The number of piperidine rings is 1. The fourth-order valence-electron chi connectivity index (χ4n) is 3.77. The van der Waals surface area contributed by atoms with Crippen LogP contribution in [-0.4, -0.2) is 46.5 Å². The zero-order chi connectivity index (χ0) is 23.4. The Labute approximate surface area is 196 Å². The second-order valence-electron chi connectivity index (χ2n) is 8.25. The highest BCUT2D eigenvalue weighted by molar-refractivity contribution is 8.18. The highest BCUT2D eigenvalue weighted by atomic mass is 32.2. The Kier molecular flexibility index (Phi) is 7.13. The van der Waals surface area contributed by atoms with E-state index < -0.39 is 11.1 Å².